The summed E-state index contributed by atoms with van der Waals surface area (Å²) in [5.41, 5.74) is 1.97. The predicted octanol–water partition coefficient (Wildman–Crippen LogP) is 4.68. The van der Waals surface area contributed by atoms with Gasteiger partial charge in [0.25, 0.3) is 0 Å². The molecule has 5 nitrogen and oxygen atoms in total. The van der Waals surface area contributed by atoms with Crippen LogP contribution < -0.4 is 5.32 Å². The lowest BCUT2D eigenvalue weighted by Gasteiger charge is -2.61. The third kappa shape index (κ3) is 2.52. The summed E-state index contributed by atoms with van der Waals surface area (Å²) in [6.07, 6.45) is 8.81. The van der Waals surface area contributed by atoms with Crippen LogP contribution in [0.15, 0.2) is 4.52 Å². The highest BCUT2D eigenvalue weighted by atomic mass is 16.5. The van der Waals surface area contributed by atoms with Crippen molar-refractivity contribution in [3.63, 3.8) is 0 Å². The molecule has 0 radical (unpaired) electrons. The zero-order chi connectivity index (χ0) is 16.9. The van der Waals surface area contributed by atoms with Crippen molar-refractivity contribution in [2.24, 2.45) is 11.3 Å². The number of amides is 2. The Hall–Kier alpha value is -1.52. The van der Waals surface area contributed by atoms with Gasteiger partial charge in [0.1, 0.15) is 11.4 Å². The maximum Gasteiger partial charge on any atom is 0.322 e. The van der Waals surface area contributed by atoms with Gasteiger partial charge in [-0.15, -0.1) is 0 Å². The van der Waals surface area contributed by atoms with Gasteiger partial charge in [-0.3, -0.25) is 0 Å². The van der Waals surface area contributed by atoms with Gasteiger partial charge in [-0.2, -0.15) is 0 Å². The first-order valence-electron chi connectivity index (χ1n) is 9.56. The lowest BCUT2D eigenvalue weighted by Crippen LogP contribution is -2.69. The van der Waals surface area contributed by atoms with Gasteiger partial charge in [0.15, 0.2) is 5.76 Å². The van der Waals surface area contributed by atoms with Crippen molar-refractivity contribution in [3.8, 4) is 0 Å². The van der Waals surface area contributed by atoms with Crippen molar-refractivity contribution in [2.75, 3.05) is 11.9 Å². The van der Waals surface area contributed by atoms with E-state index in [1.54, 1.807) is 0 Å². The van der Waals surface area contributed by atoms with Gasteiger partial charge < -0.3 is 14.7 Å². The van der Waals surface area contributed by atoms with Crippen molar-refractivity contribution in [1.29, 1.82) is 0 Å². The number of hydrogen-bond donors (Lipinski definition) is 1. The average Bonchev–Trinajstić information content (AvgIpc) is 3.31. The monoisotopic (exact) mass is 331 g/mol. The number of hydrogen-bond acceptors (Lipinski definition) is 3. The van der Waals surface area contributed by atoms with Crippen LogP contribution in [0.25, 0.3) is 0 Å². The van der Waals surface area contributed by atoms with E-state index >= 15 is 0 Å². The van der Waals surface area contributed by atoms with Gasteiger partial charge in [-0.25, -0.2) is 4.79 Å². The van der Waals surface area contributed by atoms with Crippen LogP contribution in [0, 0.1) is 18.3 Å². The first kappa shape index (κ1) is 16.0. The fourth-order valence-corrected chi connectivity index (χ4v) is 5.07. The molecule has 1 aromatic rings. The first-order valence-corrected chi connectivity index (χ1v) is 9.56. The Balaban J connectivity index is 1.50. The van der Waals surface area contributed by atoms with Crippen LogP contribution in [-0.4, -0.2) is 28.7 Å². The quantitative estimate of drug-likeness (QED) is 0.874. The molecule has 2 saturated carbocycles. The molecule has 0 aromatic carbocycles. The second-order valence-electron chi connectivity index (χ2n) is 8.45. The van der Waals surface area contributed by atoms with Crippen LogP contribution >= 0.6 is 0 Å². The average molecular weight is 331 g/mol. The molecule has 3 fully saturated rings. The van der Waals surface area contributed by atoms with Gasteiger partial charge in [0, 0.05) is 23.9 Å². The highest BCUT2D eigenvalue weighted by Crippen LogP contribution is 2.52. The molecule has 5 heteroatoms. The SMILES string of the molecule is Cc1noc(C2CC2)c1NC(=O)N1CC2(CCCCC2)C1C(C)C. The molecular weight excluding hydrogens is 302 g/mol. The number of carbonyl (C=O) groups excluding carboxylic acids is 1. The van der Waals surface area contributed by atoms with Gasteiger partial charge in [-0.05, 0) is 38.5 Å². The van der Waals surface area contributed by atoms with Crippen LogP contribution in [-0.2, 0) is 0 Å². The minimum atomic E-state index is 0.0260. The van der Waals surface area contributed by atoms with Gasteiger partial charge in [-0.1, -0.05) is 38.3 Å². The topological polar surface area (TPSA) is 58.4 Å². The summed E-state index contributed by atoms with van der Waals surface area (Å²) < 4.78 is 5.45. The zero-order valence-electron chi connectivity index (χ0n) is 15.1. The minimum Gasteiger partial charge on any atom is -0.359 e. The van der Waals surface area contributed by atoms with Crippen LogP contribution in [0.4, 0.5) is 10.5 Å². The van der Waals surface area contributed by atoms with Crippen LogP contribution in [0.3, 0.4) is 0 Å². The Kier molecular flexibility index (Phi) is 3.85. The molecule has 1 saturated heterocycles. The molecule has 2 aliphatic carbocycles. The van der Waals surface area contributed by atoms with Gasteiger partial charge >= 0.3 is 6.03 Å². The standard InChI is InChI=1S/C19H29N3O2/c1-12(2)17-19(9-5-4-6-10-19)11-22(17)18(23)20-15-13(3)21-24-16(15)14-7-8-14/h12,14,17H,4-11H2,1-3H3,(H,20,23). The van der Waals surface area contributed by atoms with E-state index in [1.807, 2.05) is 6.92 Å². The van der Waals surface area contributed by atoms with Crippen molar-refractivity contribution in [2.45, 2.75) is 77.7 Å². The van der Waals surface area contributed by atoms with Crippen molar-refractivity contribution in [3.05, 3.63) is 11.5 Å². The molecule has 2 heterocycles. The van der Waals surface area contributed by atoms with Crippen molar-refractivity contribution >= 4 is 11.7 Å². The van der Waals surface area contributed by atoms with E-state index in [2.05, 4.69) is 29.2 Å². The lowest BCUT2D eigenvalue weighted by atomic mass is 9.60. The predicted molar refractivity (Wildman–Crippen MR) is 93.1 cm³/mol. The number of rotatable bonds is 3. The Morgan fingerprint density at radius 2 is 2.00 bits per heavy atom. The third-order valence-corrected chi connectivity index (χ3v) is 6.26. The van der Waals surface area contributed by atoms with Gasteiger partial charge in [0.2, 0.25) is 0 Å². The molecule has 0 bridgehead atoms. The zero-order valence-corrected chi connectivity index (χ0v) is 15.1. The Bertz CT molecular complexity index is 627. The molecule has 1 unspecified atom stereocenters. The fourth-order valence-electron chi connectivity index (χ4n) is 5.07. The summed E-state index contributed by atoms with van der Waals surface area (Å²) in [6.45, 7) is 7.32. The summed E-state index contributed by atoms with van der Waals surface area (Å²) in [6, 6.07) is 0.389. The number of nitrogens with one attached hydrogen (secondary N) is 1. The summed E-state index contributed by atoms with van der Waals surface area (Å²) in [7, 11) is 0. The highest BCUT2D eigenvalue weighted by molar-refractivity contribution is 5.91. The largest absolute Gasteiger partial charge is 0.359 e. The van der Waals surface area contributed by atoms with E-state index in [1.165, 1.54) is 32.1 Å². The fraction of sp³-hybridized carbons (Fsp3) is 0.789. The van der Waals surface area contributed by atoms with Crippen LogP contribution in [0.1, 0.15) is 76.2 Å². The van der Waals surface area contributed by atoms with Crippen molar-refractivity contribution in [1.82, 2.24) is 10.1 Å². The molecule has 1 N–H and O–H groups in total. The number of likely N-dealkylation sites (tertiary alicyclic amines) is 1. The summed E-state index contributed by atoms with van der Waals surface area (Å²) >= 11 is 0. The number of aromatic nitrogens is 1. The molecule has 2 amide bonds. The normalized spacial score (nSPS) is 25.8. The smallest absolute Gasteiger partial charge is 0.322 e. The van der Waals surface area contributed by atoms with E-state index < -0.39 is 0 Å². The maximum atomic E-state index is 12.9. The number of nitrogens with zero attached hydrogens (tertiary/aromatic N) is 2. The molecule has 132 valence electrons. The molecule has 1 aliphatic heterocycles. The molecule has 4 rings (SSSR count). The second-order valence-corrected chi connectivity index (χ2v) is 8.45. The Morgan fingerprint density at radius 1 is 1.29 bits per heavy atom. The molecule has 3 aliphatic rings. The van der Waals surface area contributed by atoms with Crippen LogP contribution in [0.5, 0.6) is 0 Å². The second kappa shape index (κ2) is 5.78. The molecule has 1 aromatic heterocycles. The third-order valence-electron chi connectivity index (χ3n) is 6.26. The number of carbonyl (C=O) groups is 1. The van der Waals surface area contributed by atoms with E-state index in [9.17, 15) is 4.79 Å². The van der Waals surface area contributed by atoms with E-state index in [-0.39, 0.29) is 6.03 Å². The minimum absolute atomic E-state index is 0.0260. The van der Waals surface area contributed by atoms with E-state index in [0.717, 1.165) is 36.5 Å². The number of aryl methyl sites for hydroxylation is 1. The molecular formula is C19H29N3O2. The first-order chi connectivity index (χ1) is 11.5. The molecule has 1 atom stereocenters. The molecule has 24 heavy (non-hydrogen) atoms. The number of anilines is 1. The van der Waals surface area contributed by atoms with Gasteiger partial charge in [0.05, 0.1) is 0 Å². The maximum absolute atomic E-state index is 12.9. The summed E-state index contributed by atoms with van der Waals surface area (Å²) in [5.74, 6) is 1.81. The van der Waals surface area contributed by atoms with E-state index in [0.29, 0.717) is 23.3 Å². The Labute approximate surface area is 144 Å². The number of urea groups is 1. The highest BCUT2D eigenvalue weighted by Gasteiger charge is 2.55. The summed E-state index contributed by atoms with van der Waals surface area (Å²) in [4.78, 5) is 15.0. The Morgan fingerprint density at radius 3 is 2.62 bits per heavy atom. The summed E-state index contributed by atoms with van der Waals surface area (Å²) in [5, 5.41) is 7.18. The van der Waals surface area contributed by atoms with Crippen LogP contribution in [0.2, 0.25) is 0 Å². The van der Waals surface area contributed by atoms with E-state index in [4.69, 9.17) is 4.52 Å². The van der Waals surface area contributed by atoms with Crippen molar-refractivity contribution < 1.29 is 9.32 Å². The lowest BCUT2D eigenvalue weighted by molar-refractivity contribution is -0.0854. The molecule has 1 spiro atoms.